The van der Waals surface area contributed by atoms with Gasteiger partial charge >= 0.3 is 0 Å². The summed E-state index contributed by atoms with van der Waals surface area (Å²) in [5.74, 6) is -0.199. The number of nitrogens with zero attached hydrogens (tertiary/aromatic N) is 1. The molecule has 0 saturated heterocycles. The van der Waals surface area contributed by atoms with Gasteiger partial charge in [0.1, 0.15) is 0 Å². The number of sulfonamides is 1. The van der Waals surface area contributed by atoms with Crippen LogP contribution in [0.5, 0.6) is 0 Å². The van der Waals surface area contributed by atoms with Gasteiger partial charge in [-0.05, 0) is 67.3 Å². The molecule has 1 atom stereocenters. The van der Waals surface area contributed by atoms with Gasteiger partial charge in [0.2, 0.25) is 10.0 Å². The smallest absolute Gasteiger partial charge is 0.251 e. The van der Waals surface area contributed by atoms with Gasteiger partial charge in [-0.3, -0.25) is 4.79 Å². The van der Waals surface area contributed by atoms with E-state index in [4.69, 9.17) is 16.3 Å². The van der Waals surface area contributed by atoms with Crippen molar-refractivity contribution in [1.82, 2.24) is 9.62 Å². The Kier molecular flexibility index (Phi) is 9.86. The van der Waals surface area contributed by atoms with Crippen molar-refractivity contribution < 1.29 is 17.9 Å². The minimum Gasteiger partial charge on any atom is -0.383 e. The van der Waals surface area contributed by atoms with E-state index in [-0.39, 0.29) is 23.4 Å². The minimum absolute atomic E-state index is 0.114. The SMILES string of the molecule is COC[C@@H](C)NC(=O)c1ccc(CN(CCCc2ccccc2)S(=O)(=O)c2ccc(Cl)cc2)cc1. The van der Waals surface area contributed by atoms with Crippen molar-refractivity contribution >= 4 is 27.5 Å². The molecular weight excluding hydrogens is 484 g/mol. The van der Waals surface area contributed by atoms with Crippen molar-refractivity contribution in [3.8, 4) is 0 Å². The van der Waals surface area contributed by atoms with Crippen molar-refractivity contribution in [2.75, 3.05) is 20.3 Å². The molecule has 0 spiro atoms. The third kappa shape index (κ3) is 7.90. The van der Waals surface area contributed by atoms with Crippen LogP contribution in [0.3, 0.4) is 0 Å². The molecule has 8 heteroatoms. The zero-order valence-corrected chi connectivity index (χ0v) is 21.6. The van der Waals surface area contributed by atoms with E-state index in [9.17, 15) is 13.2 Å². The standard InChI is InChI=1S/C27H31ClN2O4S/c1-21(20-34-2)29-27(31)24-12-10-23(11-13-24)19-30(18-6-9-22-7-4-3-5-8-22)35(32,33)26-16-14-25(28)15-17-26/h3-5,7-8,10-17,21H,6,9,18-20H2,1-2H3,(H,29,31)/t21-/m1/s1. The van der Waals surface area contributed by atoms with Crippen molar-refractivity contribution in [2.45, 2.75) is 37.2 Å². The van der Waals surface area contributed by atoms with E-state index in [0.29, 0.717) is 30.2 Å². The van der Waals surface area contributed by atoms with E-state index in [1.54, 1.807) is 43.5 Å². The Morgan fingerprint density at radius 1 is 0.971 bits per heavy atom. The van der Waals surface area contributed by atoms with E-state index in [2.05, 4.69) is 5.32 Å². The molecule has 0 heterocycles. The summed E-state index contributed by atoms with van der Waals surface area (Å²) in [7, 11) is -2.15. The van der Waals surface area contributed by atoms with Crippen LogP contribution in [0.15, 0.2) is 83.8 Å². The molecule has 0 fully saturated rings. The number of rotatable bonds is 12. The molecule has 1 amide bonds. The lowest BCUT2D eigenvalue weighted by Gasteiger charge is -2.23. The Hall–Kier alpha value is -2.71. The average molecular weight is 515 g/mol. The Labute approximate surface area is 212 Å². The summed E-state index contributed by atoms with van der Waals surface area (Å²) in [4.78, 5) is 12.6. The van der Waals surface area contributed by atoms with Gasteiger partial charge in [0, 0.05) is 36.8 Å². The first-order valence-electron chi connectivity index (χ1n) is 11.5. The molecule has 3 rings (SSSR count). The van der Waals surface area contributed by atoms with E-state index >= 15 is 0 Å². The molecule has 3 aromatic rings. The number of amides is 1. The van der Waals surface area contributed by atoms with Gasteiger partial charge in [0.15, 0.2) is 0 Å². The van der Waals surface area contributed by atoms with Crippen LogP contribution in [0.25, 0.3) is 0 Å². The Morgan fingerprint density at radius 2 is 1.63 bits per heavy atom. The fourth-order valence-corrected chi connectivity index (χ4v) is 5.30. The molecule has 0 bridgehead atoms. The number of ether oxygens (including phenoxy) is 1. The van der Waals surface area contributed by atoms with Crippen LogP contribution >= 0.6 is 11.6 Å². The molecule has 0 aliphatic rings. The summed E-state index contributed by atoms with van der Waals surface area (Å²) < 4.78 is 33.4. The predicted octanol–water partition coefficient (Wildman–Crippen LogP) is 4.93. The van der Waals surface area contributed by atoms with Gasteiger partial charge in [-0.2, -0.15) is 4.31 Å². The first-order chi connectivity index (χ1) is 16.8. The molecule has 0 aliphatic heterocycles. The maximum Gasteiger partial charge on any atom is 0.251 e. The van der Waals surface area contributed by atoms with Crippen LogP contribution in [0.4, 0.5) is 0 Å². The Morgan fingerprint density at radius 3 is 2.26 bits per heavy atom. The number of hydrogen-bond acceptors (Lipinski definition) is 4. The fraction of sp³-hybridized carbons (Fsp3) is 0.296. The van der Waals surface area contributed by atoms with E-state index < -0.39 is 10.0 Å². The summed E-state index contributed by atoms with van der Waals surface area (Å²) in [6.45, 7) is 2.84. The van der Waals surface area contributed by atoms with Crippen LogP contribution in [-0.2, 0) is 27.7 Å². The van der Waals surface area contributed by atoms with Gasteiger partial charge in [-0.25, -0.2) is 8.42 Å². The number of methoxy groups -OCH3 is 1. The second kappa shape index (κ2) is 12.8. The summed E-state index contributed by atoms with van der Waals surface area (Å²) in [5.41, 5.74) is 2.46. The largest absolute Gasteiger partial charge is 0.383 e. The number of nitrogens with one attached hydrogen (secondary N) is 1. The Balaban J connectivity index is 1.75. The monoisotopic (exact) mass is 514 g/mol. The van der Waals surface area contributed by atoms with E-state index in [1.807, 2.05) is 37.3 Å². The molecule has 1 N–H and O–H groups in total. The molecule has 35 heavy (non-hydrogen) atoms. The van der Waals surface area contributed by atoms with Crippen molar-refractivity contribution in [1.29, 1.82) is 0 Å². The molecular formula is C27H31ClN2O4S. The maximum absolute atomic E-state index is 13.5. The molecule has 0 saturated carbocycles. The molecule has 3 aromatic carbocycles. The second-order valence-electron chi connectivity index (χ2n) is 8.41. The number of hydrogen-bond donors (Lipinski definition) is 1. The van der Waals surface area contributed by atoms with Crippen molar-refractivity contribution in [2.24, 2.45) is 0 Å². The number of carbonyl (C=O) groups excluding carboxylic acids is 1. The normalized spacial score (nSPS) is 12.5. The number of aryl methyl sites for hydroxylation is 1. The van der Waals surface area contributed by atoms with Crippen LogP contribution in [0, 0.1) is 0 Å². The molecule has 6 nitrogen and oxygen atoms in total. The lowest BCUT2D eigenvalue weighted by Crippen LogP contribution is -2.35. The van der Waals surface area contributed by atoms with E-state index in [1.165, 1.54) is 16.4 Å². The minimum atomic E-state index is -3.74. The van der Waals surface area contributed by atoms with Gasteiger partial charge in [-0.1, -0.05) is 54.1 Å². The quantitative estimate of drug-likeness (QED) is 0.372. The molecule has 186 valence electrons. The Bertz CT molecular complexity index is 1180. The lowest BCUT2D eigenvalue weighted by molar-refractivity contribution is 0.0905. The van der Waals surface area contributed by atoms with Gasteiger partial charge in [-0.15, -0.1) is 0 Å². The maximum atomic E-state index is 13.5. The topological polar surface area (TPSA) is 75.7 Å². The third-order valence-electron chi connectivity index (χ3n) is 5.54. The molecule has 0 aliphatic carbocycles. The highest BCUT2D eigenvalue weighted by atomic mass is 35.5. The van der Waals surface area contributed by atoms with Crippen LogP contribution < -0.4 is 5.32 Å². The van der Waals surface area contributed by atoms with Crippen LogP contribution in [0.2, 0.25) is 5.02 Å². The molecule has 0 unspecified atom stereocenters. The number of carbonyl (C=O) groups is 1. The first-order valence-corrected chi connectivity index (χ1v) is 13.3. The van der Waals surface area contributed by atoms with Gasteiger partial charge in [0.25, 0.3) is 5.91 Å². The highest BCUT2D eigenvalue weighted by molar-refractivity contribution is 7.89. The average Bonchev–Trinajstić information content (AvgIpc) is 2.85. The summed E-state index contributed by atoms with van der Waals surface area (Å²) in [6, 6.07) is 23.1. The molecule has 0 aromatic heterocycles. The van der Waals surface area contributed by atoms with E-state index in [0.717, 1.165) is 17.5 Å². The first kappa shape index (κ1) is 26.9. The van der Waals surface area contributed by atoms with Gasteiger partial charge in [0.05, 0.1) is 11.5 Å². The zero-order chi connectivity index (χ0) is 25.3. The summed E-state index contributed by atoms with van der Waals surface area (Å²) in [5, 5.41) is 3.35. The second-order valence-corrected chi connectivity index (χ2v) is 10.8. The van der Waals surface area contributed by atoms with Gasteiger partial charge < -0.3 is 10.1 Å². The third-order valence-corrected chi connectivity index (χ3v) is 7.65. The number of halogens is 1. The molecule has 0 radical (unpaired) electrons. The zero-order valence-electron chi connectivity index (χ0n) is 20.0. The fourth-order valence-electron chi connectivity index (χ4n) is 3.71. The van der Waals surface area contributed by atoms with Crippen molar-refractivity contribution in [3.63, 3.8) is 0 Å². The summed E-state index contributed by atoms with van der Waals surface area (Å²) in [6.07, 6.45) is 1.45. The summed E-state index contributed by atoms with van der Waals surface area (Å²) >= 11 is 5.96. The van der Waals surface area contributed by atoms with Crippen LogP contribution in [-0.4, -0.2) is 44.9 Å². The highest BCUT2D eigenvalue weighted by Gasteiger charge is 2.24. The lowest BCUT2D eigenvalue weighted by atomic mass is 10.1. The van der Waals surface area contributed by atoms with Crippen molar-refractivity contribution in [3.05, 3.63) is 101 Å². The number of benzene rings is 3. The highest BCUT2D eigenvalue weighted by Crippen LogP contribution is 2.22. The van der Waals surface area contributed by atoms with Crippen LogP contribution in [0.1, 0.15) is 34.8 Å². The predicted molar refractivity (Wildman–Crippen MR) is 139 cm³/mol.